The Kier molecular flexibility index (Phi) is 7.79. The first kappa shape index (κ1) is 15.3. The maximum absolute atomic E-state index is 3.46. The van der Waals surface area contributed by atoms with Crippen LogP contribution in [0.5, 0.6) is 0 Å². The van der Waals surface area contributed by atoms with E-state index in [-0.39, 0.29) is 0 Å². The van der Waals surface area contributed by atoms with E-state index in [1.54, 1.807) is 0 Å². The van der Waals surface area contributed by atoms with Crippen LogP contribution in [0.3, 0.4) is 0 Å². The summed E-state index contributed by atoms with van der Waals surface area (Å²) in [4.78, 5) is 3.46. The number of aryl methyl sites for hydroxylation is 1. The molecule has 0 aromatic carbocycles. The minimum Gasteiger partial charge on any atom is -0.247 e. The molecule has 0 unspecified atom stereocenters. The van der Waals surface area contributed by atoms with Crippen molar-refractivity contribution in [2.75, 3.05) is 0 Å². The standard InChI is InChI=1S/C16H30N2/c1-4-7-8-9-10-11-15(6-3)16-17-12-14-18(16)13-5-2/h12,14-15H,4-11,13H2,1-3H3/p+1/t15-/m0/s1. The quantitative estimate of drug-likeness (QED) is 0.464. The van der Waals surface area contributed by atoms with Gasteiger partial charge in [0.1, 0.15) is 12.4 Å². The van der Waals surface area contributed by atoms with Crippen molar-refractivity contribution < 1.29 is 4.57 Å². The minimum atomic E-state index is 0.716. The number of hydrogen-bond acceptors (Lipinski definition) is 0. The summed E-state index contributed by atoms with van der Waals surface area (Å²) in [6, 6.07) is 0. The first-order valence-corrected chi connectivity index (χ1v) is 7.90. The van der Waals surface area contributed by atoms with Gasteiger partial charge in [-0.25, -0.2) is 9.55 Å². The number of unbranched alkanes of at least 4 members (excludes halogenated alkanes) is 4. The molecule has 0 saturated heterocycles. The summed E-state index contributed by atoms with van der Waals surface area (Å²) in [7, 11) is 0. The Bertz CT molecular complexity index is 304. The molecule has 0 bridgehead atoms. The van der Waals surface area contributed by atoms with E-state index in [4.69, 9.17) is 0 Å². The highest BCUT2D eigenvalue weighted by Gasteiger charge is 2.20. The van der Waals surface area contributed by atoms with Crippen LogP contribution in [0.1, 0.15) is 83.9 Å². The lowest BCUT2D eigenvalue weighted by molar-refractivity contribution is -0.704. The molecule has 104 valence electrons. The van der Waals surface area contributed by atoms with Crippen LogP contribution in [0, 0.1) is 0 Å². The van der Waals surface area contributed by atoms with E-state index in [2.05, 4.69) is 42.7 Å². The SMILES string of the molecule is CCCCCCC[C@H](CC)c1[nH]cc[n+]1CCC. The van der Waals surface area contributed by atoms with Gasteiger partial charge in [-0.05, 0) is 19.3 Å². The highest BCUT2D eigenvalue weighted by atomic mass is 15.1. The number of imidazole rings is 1. The predicted octanol–water partition coefficient (Wildman–Crippen LogP) is 4.57. The molecule has 0 aliphatic rings. The number of hydrogen-bond donors (Lipinski definition) is 1. The second-order valence-electron chi connectivity index (χ2n) is 5.35. The zero-order chi connectivity index (χ0) is 13.2. The van der Waals surface area contributed by atoms with Crippen molar-refractivity contribution in [1.29, 1.82) is 0 Å². The maximum Gasteiger partial charge on any atom is 0.257 e. The van der Waals surface area contributed by atoms with Crippen molar-refractivity contribution in [3.8, 4) is 0 Å². The van der Waals surface area contributed by atoms with E-state index >= 15 is 0 Å². The van der Waals surface area contributed by atoms with Gasteiger partial charge in [0, 0.05) is 0 Å². The van der Waals surface area contributed by atoms with Crippen molar-refractivity contribution in [2.24, 2.45) is 0 Å². The third-order valence-corrected chi connectivity index (χ3v) is 3.80. The fourth-order valence-electron chi connectivity index (χ4n) is 2.69. The summed E-state index contributed by atoms with van der Waals surface area (Å²) in [5, 5.41) is 0. The lowest BCUT2D eigenvalue weighted by Gasteiger charge is -2.11. The normalized spacial score (nSPS) is 12.8. The molecule has 0 radical (unpaired) electrons. The van der Waals surface area contributed by atoms with E-state index in [0.29, 0.717) is 5.92 Å². The molecule has 0 spiro atoms. The third-order valence-electron chi connectivity index (χ3n) is 3.80. The van der Waals surface area contributed by atoms with Crippen LogP contribution in [0.2, 0.25) is 0 Å². The first-order chi connectivity index (χ1) is 8.83. The lowest BCUT2D eigenvalue weighted by atomic mass is 9.97. The van der Waals surface area contributed by atoms with Crippen LogP contribution >= 0.6 is 0 Å². The first-order valence-electron chi connectivity index (χ1n) is 7.90. The van der Waals surface area contributed by atoms with Crippen molar-refractivity contribution in [3.05, 3.63) is 18.2 Å². The van der Waals surface area contributed by atoms with Gasteiger partial charge in [-0.1, -0.05) is 52.9 Å². The molecule has 0 aliphatic carbocycles. The lowest BCUT2D eigenvalue weighted by Crippen LogP contribution is -2.37. The summed E-state index contributed by atoms with van der Waals surface area (Å²) >= 11 is 0. The molecular weight excluding hydrogens is 220 g/mol. The number of rotatable bonds is 10. The summed E-state index contributed by atoms with van der Waals surface area (Å²) in [5.74, 6) is 2.16. The number of aromatic amines is 1. The highest BCUT2D eigenvalue weighted by molar-refractivity contribution is 4.89. The molecule has 2 heteroatoms. The van der Waals surface area contributed by atoms with Crippen LogP contribution in [0.25, 0.3) is 0 Å². The molecule has 1 rings (SSSR count). The molecule has 0 fully saturated rings. The summed E-state index contributed by atoms with van der Waals surface area (Å²) in [5.41, 5.74) is 0. The Morgan fingerprint density at radius 1 is 1.06 bits per heavy atom. The van der Waals surface area contributed by atoms with Gasteiger partial charge in [0.2, 0.25) is 0 Å². The average Bonchev–Trinajstić information content (AvgIpc) is 2.83. The molecule has 0 amide bonds. The number of aromatic nitrogens is 2. The summed E-state index contributed by atoms with van der Waals surface area (Å²) in [6.45, 7) is 7.98. The Balaban J connectivity index is 2.41. The van der Waals surface area contributed by atoms with Gasteiger partial charge >= 0.3 is 0 Å². The van der Waals surface area contributed by atoms with Crippen molar-refractivity contribution in [1.82, 2.24) is 4.98 Å². The van der Waals surface area contributed by atoms with Gasteiger partial charge in [0.15, 0.2) is 0 Å². The van der Waals surface area contributed by atoms with E-state index < -0.39 is 0 Å². The zero-order valence-corrected chi connectivity index (χ0v) is 12.5. The van der Waals surface area contributed by atoms with Crippen LogP contribution in [0.4, 0.5) is 0 Å². The molecule has 18 heavy (non-hydrogen) atoms. The number of nitrogens with one attached hydrogen (secondary N) is 1. The third kappa shape index (κ3) is 4.83. The second-order valence-corrected chi connectivity index (χ2v) is 5.35. The Hall–Kier alpha value is -0.790. The summed E-state index contributed by atoms with van der Waals surface area (Å²) in [6.07, 6.45) is 15.0. The largest absolute Gasteiger partial charge is 0.257 e. The van der Waals surface area contributed by atoms with Gasteiger partial charge in [-0.15, -0.1) is 0 Å². The fraction of sp³-hybridized carbons (Fsp3) is 0.812. The topological polar surface area (TPSA) is 19.7 Å². The highest BCUT2D eigenvalue weighted by Crippen LogP contribution is 2.22. The van der Waals surface area contributed by atoms with Gasteiger partial charge in [0.05, 0.1) is 12.5 Å². The molecule has 0 saturated carbocycles. The van der Waals surface area contributed by atoms with Gasteiger partial charge in [-0.3, -0.25) is 0 Å². The van der Waals surface area contributed by atoms with Gasteiger partial charge in [0.25, 0.3) is 5.82 Å². The van der Waals surface area contributed by atoms with Crippen LogP contribution in [0.15, 0.2) is 12.4 Å². The molecule has 1 heterocycles. The van der Waals surface area contributed by atoms with Crippen LogP contribution < -0.4 is 4.57 Å². The monoisotopic (exact) mass is 251 g/mol. The van der Waals surface area contributed by atoms with Crippen molar-refractivity contribution in [2.45, 2.75) is 84.6 Å². The second kappa shape index (κ2) is 9.18. The van der Waals surface area contributed by atoms with Crippen molar-refractivity contribution >= 4 is 0 Å². The van der Waals surface area contributed by atoms with Gasteiger partial charge in [-0.2, -0.15) is 0 Å². The maximum atomic E-state index is 3.46. The smallest absolute Gasteiger partial charge is 0.247 e. The molecule has 2 nitrogen and oxygen atoms in total. The molecule has 1 N–H and O–H groups in total. The van der Waals surface area contributed by atoms with Crippen LogP contribution in [-0.2, 0) is 6.54 Å². The average molecular weight is 251 g/mol. The van der Waals surface area contributed by atoms with Gasteiger partial charge < -0.3 is 0 Å². The Labute approximate surface area is 113 Å². The van der Waals surface area contributed by atoms with Crippen LogP contribution in [-0.4, -0.2) is 4.98 Å². The molecule has 1 aromatic heterocycles. The summed E-state index contributed by atoms with van der Waals surface area (Å²) < 4.78 is 2.40. The van der Waals surface area contributed by atoms with E-state index in [9.17, 15) is 0 Å². The Morgan fingerprint density at radius 3 is 2.50 bits per heavy atom. The molecule has 1 atom stereocenters. The minimum absolute atomic E-state index is 0.716. The molecular formula is C16H31N2+. The van der Waals surface area contributed by atoms with E-state index in [0.717, 1.165) is 6.54 Å². The van der Waals surface area contributed by atoms with E-state index in [1.165, 1.54) is 57.2 Å². The van der Waals surface area contributed by atoms with Crippen molar-refractivity contribution in [3.63, 3.8) is 0 Å². The molecule has 0 aliphatic heterocycles. The van der Waals surface area contributed by atoms with E-state index in [1.807, 2.05) is 0 Å². The Morgan fingerprint density at radius 2 is 1.83 bits per heavy atom. The zero-order valence-electron chi connectivity index (χ0n) is 12.5. The predicted molar refractivity (Wildman–Crippen MR) is 77.7 cm³/mol. The fourth-order valence-corrected chi connectivity index (χ4v) is 2.69. The molecule has 1 aromatic rings. The number of H-pyrrole nitrogens is 1. The number of nitrogens with zero attached hydrogens (tertiary/aromatic N) is 1.